The summed E-state index contributed by atoms with van der Waals surface area (Å²) in [6.07, 6.45) is -3.52. The second-order valence-corrected chi connectivity index (χ2v) is 7.52. The zero-order valence-electron chi connectivity index (χ0n) is 18.3. The lowest BCUT2D eigenvalue weighted by molar-refractivity contribution is -0.413. The topological polar surface area (TPSA) is 204 Å². The third-order valence-corrected chi connectivity index (χ3v) is 5.42. The van der Waals surface area contributed by atoms with Gasteiger partial charge in [0.05, 0.1) is 20.3 Å². The molecule has 2 aromatic rings. The number of aromatic nitrogens is 2. The average molecular weight is 501 g/mol. The summed E-state index contributed by atoms with van der Waals surface area (Å²) in [6.45, 7) is -3.30. The number of hydrogen-bond donors (Lipinski definition) is 6. The molecule has 0 aliphatic carbocycles. The van der Waals surface area contributed by atoms with E-state index in [2.05, 4.69) is 4.74 Å². The van der Waals surface area contributed by atoms with Crippen LogP contribution in [0.5, 0.6) is 5.75 Å². The van der Waals surface area contributed by atoms with Gasteiger partial charge in [-0.25, -0.2) is 18.5 Å². The van der Waals surface area contributed by atoms with Gasteiger partial charge in [-0.3, -0.25) is 9.78 Å². The van der Waals surface area contributed by atoms with Gasteiger partial charge in [-0.1, -0.05) is 12.1 Å². The van der Waals surface area contributed by atoms with E-state index in [4.69, 9.17) is 9.47 Å². The summed E-state index contributed by atoms with van der Waals surface area (Å²) in [6, 6.07) is 6.03. The predicted octanol–water partition coefficient (Wildman–Crippen LogP) is -2.39. The van der Waals surface area contributed by atoms with Gasteiger partial charge in [-0.2, -0.15) is 0 Å². The van der Waals surface area contributed by atoms with Crippen LogP contribution in [0, 0.1) is 0 Å². The summed E-state index contributed by atoms with van der Waals surface area (Å²) in [7, 11) is 1.43. The number of hydrogen-bond acceptors (Lipinski definition) is 12. The molecule has 1 aromatic carbocycles. The first-order chi connectivity index (χ1) is 16.5. The third kappa shape index (κ3) is 4.57. The number of nitrogens with zero attached hydrogens (tertiary/aromatic N) is 2. The molecule has 1 saturated heterocycles. The number of halogens is 1. The quantitative estimate of drug-likeness (QED) is 0.121. The highest BCUT2D eigenvalue weighted by Gasteiger charge is 2.70. The first-order valence-corrected chi connectivity index (χ1v) is 10.1. The van der Waals surface area contributed by atoms with Gasteiger partial charge < -0.3 is 39.8 Å². The van der Waals surface area contributed by atoms with Crippen LogP contribution in [-0.2, 0) is 21.9 Å². The Morgan fingerprint density at radius 2 is 1.94 bits per heavy atom. The monoisotopic (exact) mass is 501 g/mol. The molecule has 0 radical (unpaired) electrons. The fourth-order valence-corrected chi connectivity index (χ4v) is 3.58. The molecule has 0 amide bonds. The van der Waals surface area contributed by atoms with E-state index in [0.717, 1.165) is 0 Å². The fourth-order valence-electron chi connectivity index (χ4n) is 3.58. The average Bonchev–Trinajstić information content (AvgIpc) is 3.05. The Labute approximate surface area is 195 Å². The maximum atomic E-state index is 12.5. The summed E-state index contributed by atoms with van der Waals surface area (Å²) >= 11 is 0. The number of esters is 1. The Hall–Kier alpha value is -3.18. The number of aromatic amines is 1. The molecular formula is C20H24FN3O11. The van der Waals surface area contributed by atoms with Gasteiger partial charge in [0.2, 0.25) is 5.72 Å². The summed E-state index contributed by atoms with van der Waals surface area (Å²) in [5, 5.41) is 53.6. The number of aliphatic hydroxyl groups is 4. The Balaban J connectivity index is 2.09. The number of H-pyrrole nitrogens is 1. The lowest BCUT2D eigenvalue weighted by atomic mass is 10.00. The normalized spacial score (nSPS) is 26.2. The Morgan fingerprint density at radius 3 is 2.51 bits per heavy atom. The van der Waals surface area contributed by atoms with E-state index < -0.39 is 73.1 Å². The van der Waals surface area contributed by atoms with Crippen LogP contribution in [0.1, 0.15) is 15.9 Å². The number of nitrogens with one attached hydrogen (secondary N) is 1. The minimum Gasteiger partial charge on any atom is -0.497 e. The number of benzene rings is 1. The van der Waals surface area contributed by atoms with E-state index in [9.17, 15) is 44.4 Å². The lowest BCUT2D eigenvalue weighted by Crippen LogP contribution is -2.68. The van der Waals surface area contributed by atoms with Crippen LogP contribution in [0.2, 0.25) is 0 Å². The minimum atomic E-state index is -3.36. The molecule has 35 heavy (non-hydrogen) atoms. The number of hydroxylamine groups is 2. The Morgan fingerprint density at radius 1 is 1.29 bits per heavy atom. The van der Waals surface area contributed by atoms with Crippen molar-refractivity contribution in [2.45, 2.75) is 30.4 Å². The van der Waals surface area contributed by atoms with Crippen molar-refractivity contribution in [3.63, 3.8) is 0 Å². The van der Waals surface area contributed by atoms with Crippen molar-refractivity contribution in [3.05, 3.63) is 62.4 Å². The number of methoxy groups -OCH3 is 1. The van der Waals surface area contributed by atoms with Crippen LogP contribution in [0.15, 0.2) is 40.1 Å². The number of alkyl halides is 1. The van der Waals surface area contributed by atoms with Gasteiger partial charge in [0.25, 0.3) is 5.56 Å². The first kappa shape index (κ1) is 26.4. The highest BCUT2D eigenvalue weighted by molar-refractivity contribution is 5.88. The molecular weight excluding hydrogens is 477 g/mol. The summed E-state index contributed by atoms with van der Waals surface area (Å²) in [5.41, 5.74) is -6.48. The summed E-state index contributed by atoms with van der Waals surface area (Å²) in [5.74, 6) is -4.26. The van der Waals surface area contributed by atoms with Crippen molar-refractivity contribution < 1.29 is 49.0 Å². The van der Waals surface area contributed by atoms with E-state index in [-0.39, 0.29) is 9.63 Å². The molecule has 0 bridgehead atoms. The van der Waals surface area contributed by atoms with E-state index in [1.165, 1.54) is 31.4 Å². The van der Waals surface area contributed by atoms with Crippen LogP contribution in [0.25, 0.3) is 0 Å². The molecule has 0 spiro atoms. The van der Waals surface area contributed by atoms with Crippen molar-refractivity contribution >= 4 is 5.97 Å². The summed E-state index contributed by atoms with van der Waals surface area (Å²) in [4.78, 5) is 38.4. The molecule has 2 heterocycles. The third-order valence-electron chi connectivity index (χ3n) is 5.42. The van der Waals surface area contributed by atoms with E-state index in [0.29, 0.717) is 17.5 Å². The van der Waals surface area contributed by atoms with Crippen LogP contribution in [-0.4, -0.2) is 91.1 Å². The number of carbonyl (C=O) groups excluding carboxylic acids is 1. The summed E-state index contributed by atoms with van der Waals surface area (Å²) < 4.78 is 27.2. The largest absolute Gasteiger partial charge is 0.497 e. The van der Waals surface area contributed by atoms with Gasteiger partial charge in [0.1, 0.15) is 36.8 Å². The van der Waals surface area contributed by atoms with E-state index in [1.54, 1.807) is 4.98 Å². The SMILES string of the molecule is COc1ccc(CN(O)[C@@]2(O)[C@H](O)[C@@H](CO)O[C@]2(O)n2cc(C(=O)OCCF)c(=O)[nH]c2=O)cc1. The molecule has 1 fully saturated rings. The highest BCUT2D eigenvalue weighted by atomic mass is 19.1. The van der Waals surface area contributed by atoms with Crippen molar-refractivity contribution in [2.24, 2.45) is 0 Å². The molecule has 3 rings (SSSR count). The predicted molar refractivity (Wildman–Crippen MR) is 111 cm³/mol. The van der Waals surface area contributed by atoms with Crippen molar-refractivity contribution in [1.82, 2.24) is 14.6 Å². The van der Waals surface area contributed by atoms with Crippen molar-refractivity contribution in [1.29, 1.82) is 0 Å². The van der Waals surface area contributed by atoms with E-state index in [1.807, 2.05) is 0 Å². The lowest BCUT2D eigenvalue weighted by Gasteiger charge is -2.42. The van der Waals surface area contributed by atoms with Gasteiger partial charge >= 0.3 is 17.6 Å². The van der Waals surface area contributed by atoms with Crippen LogP contribution >= 0.6 is 0 Å². The van der Waals surface area contributed by atoms with Crippen molar-refractivity contribution in [2.75, 3.05) is 27.0 Å². The fraction of sp³-hybridized carbons (Fsp3) is 0.450. The molecule has 14 nitrogen and oxygen atoms in total. The molecule has 15 heteroatoms. The van der Waals surface area contributed by atoms with Gasteiger partial charge in [-0.15, -0.1) is 5.06 Å². The van der Waals surface area contributed by atoms with Gasteiger partial charge in [-0.05, 0) is 17.7 Å². The highest BCUT2D eigenvalue weighted by Crippen LogP contribution is 2.43. The molecule has 6 N–H and O–H groups in total. The van der Waals surface area contributed by atoms with Gasteiger partial charge in [0, 0.05) is 6.20 Å². The van der Waals surface area contributed by atoms with Crippen LogP contribution < -0.4 is 16.0 Å². The molecule has 0 unspecified atom stereocenters. The maximum absolute atomic E-state index is 12.5. The molecule has 4 atom stereocenters. The van der Waals surface area contributed by atoms with E-state index >= 15 is 0 Å². The van der Waals surface area contributed by atoms with Crippen LogP contribution in [0.4, 0.5) is 4.39 Å². The smallest absolute Gasteiger partial charge is 0.345 e. The number of carbonyl (C=O) groups is 1. The zero-order valence-corrected chi connectivity index (χ0v) is 18.3. The standard InChI is InChI=1S/C20H24FN3O11/c1-33-12-4-2-11(3-5-12)8-24(32)19(30)15(26)14(10-25)35-20(19,31)23-9-13(16(27)22-18(23)29)17(28)34-7-6-21/h2-5,9,14-15,25-26,30-32H,6-8,10H2,1H3,(H,22,27,29)/t14-,15-,19-,20+/m1/s1. The molecule has 1 aromatic heterocycles. The molecule has 1 aliphatic rings. The second-order valence-electron chi connectivity index (χ2n) is 7.52. The Kier molecular flexibility index (Phi) is 7.71. The molecule has 192 valence electrons. The first-order valence-electron chi connectivity index (χ1n) is 10.1. The second kappa shape index (κ2) is 10.2. The Bertz CT molecular complexity index is 1170. The maximum Gasteiger partial charge on any atom is 0.345 e. The van der Waals surface area contributed by atoms with Gasteiger partial charge in [0.15, 0.2) is 0 Å². The van der Waals surface area contributed by atoms with Crippen molar-refractivity contribution in [3.8, 4) is 5.75 Å². The number of rotatable bonds is 9. The molecule has 1 aliphatic heterocycles. The van der Waals surface area contributed by atoms with Crippen LogP contribution in [0.3, 0.4) is 0 Å². The molecule has 0 saturated carbocycles. The number of ether oxygens (including phenoxy) is 3. The zero-order chi connectivity index (χ0) is 26.0. The number of aliphatic hydroxyl groups excluding tert-OH is 2. The minimum absolute atomic E-state index is 0.0633.